The number of hydrogen-bond acceptors (Lipinski definition) is 4. The van der Waals surface area contributed by atoms with Crippen LogP contribution >= 0.6 is 0 Å². The molecule has 0 fully saturated rings. The van der Waals surface area contributed by atoms with Crippen molar-refractivity contribution in [3.8, 4) is 17.0 Å². The van der Waals surface area contributed by atoms with Gasteiger partial charge in [0.1, 0.15) is 17.2 Å². The van der Waals surface area contributed by atoms with Crippen LogP contribution in [0.1, 0.15) is 31.1 Å². The molecule has 0 amide bonds. The molecule has 0 saturated heterocycles. The number of aryl methyl sites for hydroxylation is 2. The Morgan fingerprint density at radius 2 is 2.05 bits per heavy atom. The Morgan fingerprint density at radius 1 is 1.30 bits per heavy atom. The molecular weight excluding hydrogens is 252 g/mol. The van der Waals surface area contributed by atoms with Gasteiger partial charge in [0.25, 0.3) is 0 Å². The van der Waals surface area contributed by atoms with Gasteiger partial charge in [0.05, 0.1) is 6.10 Å². The van der Waals surface area contributed by atoms with Crippen molar-refractivity contribution in [2.75, 3.05) is 6.54 Å². The van der Waals surface area contributed by atoms with Crippen LogP contribution in [0.5, 0.6) is 5.75 Å². The first-order valence-electron chi connectivity index (χ1n) is 6.95. The molecule has 0 aliphatic carbocycles. The van der Waals surface area contributed by atoms with Gasteiger partial charge in [-0.05, 0) is 51.5 Å². The normalized spacial score (nSPS) is 11.1. The molecule has 108 valence electrons. The highest BCUT2D eigenvalue weighted by atomic mass is 16.5. The number of aromatic nitrogens is 1. The van der Waals surface area contributed by atoms with Crippen molar-refractivity contribution < 1.29 is 9.15 Å². The highest BCUT2D eigenvalue weighted by molar-refractivity contribution is 5.63. The third-order valence-corrected chi connectivity index (χ3v) is 3.01. The van der Waals surface area contributed by atoms with Gasteiger partial charge in [-0.3, -0.25) is 0 Å². The fraction of sp³-hybridized carbons (Fsp3) is 0.438. The summed E-state index contributed by atoms with van der Waals surface area (Å²) in [7, 11) is 0. The molecule has 2 rings (SSSR count). The quantitative estimate of drug-likeness (QED) is 0.909. The highest BCUT2D eigenvalue weighted by Crippen LogP contribution is 2.28. The molecule has 2 aromatic rings. The van der Waals surface area contributed by atoms with E-state index < -0.39 is 0 Å². The van der Waals surface area contributed by atoms with E-state index in [9.17, 15) is 0 Å². The van der Waals surface area contributed by atoms with Gasteiger partial charge in [-0.15, -0.1) is 0 Å². The van der Waals surface area contributed by atoms with Crippen LogP contribution in [0.4, 0.5) is 0 Å². The summed E-state index contributed by atoms with van der Waals surface area (Å²) in [5, 5.41) is 0. The van der Waals surface area contributed by atoms with Crippen LogP contribution in [0, 0.1) is 13.8 Å². The standard InChI is InChI=1S/C16H22N2O2/c1-10(2)19-14-6-5-13(9-11(14)3)16-12(4)20-15(18-16)7-8-17/h5-6,9-10H,7-8,17H2,1-4H3. The number of nitrogens with zero attached hydrogens (tertiary/aromatic N) is 1. The van der Waals surface area contributed by atoms with Gasteiger partial charge >= 0.3 is 0 Å². The zero-order chi connectivity index (χ0) is 14.7. The van der Waals surface area contributed by atoms with Crippen molar-refractivity contribution in [1.29, 1.82) is 0 Å². The maximum atomic E-state index is 5.75. The zero-order valence-electron chi connectivity index (χ0n) is 12.6. The number of hydrogen-bond donors (Lipinski definition) is 1. The van der Waals surface area contributed by atoms with Gasteiger partial charge in [0.15, 0.2) is 5.89 Å². The zero-order valence-corrected chi connectivity index (χ0v) is 12.6. The Kier molecular flexibility index (Phi) is 4.45. The van der Waals surface area contributed by atoms with Crippen LogP contribution in [0.3, 0.4) is 0 Å². The molecule has 1 aromatic heterocycles. The van der Waals surface area contributed by atoms with Crippen molar-refractivity contribution in [3.05, 3.63) is 35.4 Å². The molecule has 0 radical (unpaired) electrons. The van der Waals surface area contributed by atoms with E-state index in [1.807, 2.05) is 39.8 Å². The predicted molar refractivity (Wildman–Crippen MR) is 79.9 cm³/mol. The summed E-state index contributed by atoms with van der Waals surface area (Å²) in [6, 6.07) is 6.08. The summed E-state index contributed by atoms with van der Waals surface area (Å²) in [5.41, 5.74) is 8.56. The van der Waals surface area contributed by atoms with Gasteiger partial charge in [-0.25, -0.2) is 4.98 Å². The first kappa shape index (κ1) is 14.6. The summed E-state index contributed by atoms with van der Waals surface area (Å²) in [4.78, 5) is 4.51. The molecule has 1 heterocycles. The maximum Gasteiger partial charge on any atom is 0.196 e. The lowest BCUT2D eigenvalue weighted by Crippen LogP contribution is -2.06. The summed E-state index contributed by atoms with van der Waals surface area (Å²) in [6.07, 6.45) is 0.832. The minimum atomic E-state index is 0.171. The average Bonchev–Trinajstić information content (AvgIpc) is 2.73. The van der Waals surface area contributed by atoms with Crippen molar-refractivity contribution in [1.82, 2.24) is 4.98 Å². The topological polar surface area (TPSA) is 61.3 Å². The second kappa shape index (κ2) is 6.09. The molecule has 0 aliphatic rings. The summed E-state index contributed by atoms with van der Waals surface area (Å²) < 4.78 is 11.4. The summed E-state index contributed by atoms with van der Waals surface area (Å²) in [6.45, 7) is 8.55. The van der Waals surface area contributed by atoms with Crippen LogP contribution in [0.2, 0.25) is 0 Å². The largest absolute Gasteiger partial charge is 0.491 e. The van der Waals surface area contributed by atoms with Crippen molar-refractivity contribution >= 4 is 0 Å². The fourth-order valence-corrected chi connectivity index (χ4v) is 2.13. The Hall–Kier alpha value is -1.81. The van der Waals surface area contributed by atoms with Gasteiger partial charge in [-0.1, -0.05) is 0 Å². The van der Waals surface area contributed by atoms with Crippen LogP contribution < -0.4 is 10.5 Å². The van der Waals surface area contributed by atoms with E-state index in [2.05, 4.69) is 11.1 Å². The average molecular weight is 274 g/mol. The van der Waals surface area contributed by atoms with E-state index in [-0.39, 0.29) is 6.10 Å². The van der Waals surface area contributed by atoms with Crippen LogP contribution in [-0.4, -0.2) is 17.6 Å². The van der Waals surface area contributed by atoms with Crippen molar-refractivity contribution in [3.63, 3.8) is 0 Å². The molecule has 0 atom stereocenters. The van der Waals surface area contributed by atoms with Crippen LogP contribution in [-0.2, 0) is 6.42 Å². The molecule has 4 heteroatoms. The number of rotatable bonds is 5. The second-order valence-electron chi connectivity index (χ2n) is 5.20. The smallest absolute Gasteiger partial charge is 0.196 e. The lowest BCUT2D eigenvalue weighted by molar-refractivity contribution is 0.241. The van der Waals surface area contributed by atoms with Gasteiger partial charge < -0.3 is 14.9 Å². The molecule has 1 aromatic carbocycles. The monoisotopic (exact) mass is 274 g/mol. The lowest BCUT2D eigenvalue weighted by atomic mass is 10.1. The first-order chi connectivity index (χ1) is 9.51. The van der Waals surface area contributed by atoms with Gasteiger partial charge in [-0.2, -0.15) is 0 Å². The van der Waals surface area contributed by atoms with Crippen molar-refractivity contribution in [2.45, 2.75) is 40.2 Å². The molecule has 20 heavy (non-hydrogen) atoms. The molecule has 0 unspecified atom stereocenters. The van der Waals surface area contributed by atoms with E-state index in [0.29, 0.717) is 18.9 Å². The van der Waals surface area contributed by atoms with E-state index in [1.54, 1.807) is 0 Å². The summed E-state index contributed by atoms with van der Waals surface area (Å²) in [5.74, 6) is 2.43. The molecule has 0 spiro atoms. The maximum absolute atomic E-state index is 5.75. The molecule has 0 saturated carbocycles. The van der Waals surface area contributed by atoms with Gasteiger partial charge in [0, 0.05) is 18.5 Å². The molecular formula is C16H22N2O2. The lowest BCUT2D eigenvalue weighted by Gasteiger charge is -2.13. The van der Waals surface area contributed by atoms with Gasteiger partial charge in [0.2, 0.25) is 0 Å². The molecule has 4 nitrogen and oxygen atoms in total. The van der Waals surface area contributed by atoms with E-state index in [1.165, 1.54) is 0 Å². The Bertz CT molecular complexity index is 588. The first-order valence-corrected chi connectivity index (χ1v) is 6.95. The second-order valence-corrected chi connectivity index (χ2v) is 5.20. The van der Waals surface area contributed by atoms with E-state index in [0.717, 1.165) is 28.3 Å². The van der Waals surface area contributed by atoms with Crippen LogP contribution in [0.25, 0.3) is 11.3 Å². The minimum Gasteiger partial charge on any atom is -0.491 e. The third-order valence-electron chi connectivity index (χ3n) is 3.01. The Balaban J connectivity index is 2.31. The summed E-state index contributed by atoms with van der Waals surface area (Å²) >= 11 is 0. The number of ether oxygens (including phenoxy) is 1. The van der Waals surface area contributed by atoms with E-state index >= 15 is 0 Å². The Labute approximate surface area is 120 Å². The molecule has 2 N–H and O–H groups in total. The minimum absolute atomic E-state index is 0.171. The van der Waals surface area contributed by atoms with Crippen molar-refractivity contribution in [2.24, 2.45) is 5.73 Å². The number of oxazole rings is 1. The highest BCUT2D eigenvalue weighted by Gasteiger charge is 2.12. The fourth-order valence-electron chi connectivity index (χ4n) is 2.13. The van der Waals surface area contributed by atoms with E-state index in [4.69, 9.17) is 14.9 Å². The molecule has 0 aliphatic heterocycles. The van der Waals surface area contributed by atoms with Crippen LogP contribution in [0.15, 0.2) is 22.6 Å². The molecule has 0 bridgehead atoms. The Morgan fingerprint density at radius 3 is 2.65 bits per heavy atom. The number of nitrogens with two attached hydrogens (primary N) is 1. The SMILES string of the molecule is Cc1cc(-c2nc(CCN)oc2C)ccc1OC(C)C. The third kappa shape index (κ3) is 3.20. The number of benzene rings is 1. The predicted octanol–water partition coefficient (Wildman–Crippen LogP) is 3.25.